The Kier molecular flexibility index (Phi) is 19.0. The van der Waals surface area contributed by atoms with E-state index < -0.39 is 10.4 Å². The number of rotatable bonds is 16. The summed E-state index contributed by atoms with van der Waals surface area (Å²) in [5, 5.41) is 10.4. The monoisotopic (exact) mass is 415 g/mol. The molecular weight excluding hydrogens is 374 g/mol. The van der Waals surface area contributed by atoms with Crippen LogP contribution in [0.25, 0.3) is 0 Å². The van der Waals surface area contributed by atoms with E-state index in [0.29, 0.717) is 13.2 Å². The lowest BCUT2D eigenvalue weighted by Gasteiger charge is -2.31. The van der Waals surface area contributed by atoms with E-state index in [1.54, 1.807) is 0 Å². The lowest BCUT2D eigenvalue weighted by atomic mass is 10.2. The lowest BCUT2D eigenvalue weighted by molar-refractivity contribution is -1.10. The highest BCUT2D eigenvalue weighted by Gasteiger charge is 2.27. The van der Waals surface area contributed by atoms with Crippen molar-refractivity contribution in [3.63, 3.8) is 0 Å². The van der Waals surface area contributed by atoms with E-state index in [1.165, 1.54) is 25.7 Å². The summed E-state index contributed by atoms with van der Waals surface area (Å²) < 4.78 is 42.2. The Bertz CT molecular complexity index is 416. The molecule has 27 heavy (non-hydrogen) atoms. The van der Waals surface area contributed by atoms with E-state index in [-0.39, 0.29) is 10.7 Å². The Hall–Kier alpha value is -0.290. The van der Waals surface area contributed by atoms with Crippen LogP contribution in [0.3, 0.4) is 0 Å². The Labute approximate surface area is 166 Å². The predicted octanol–water partition coefficient (Wildman–Crippen LogP) is 3.11. The molecule has 2 unspecified atom stereocenters. The molecule has 0 aromatic rings. The van der Waals surface area contributed by atoms with Crippen molar-refractivity contribution in [2.75, 3.05) is 47.1 Å². The number of quaternary nitrogens is 1. The number of unbranched alkanes of at least 4 members (excludes halogenated alkanes) is 4. The molecule has 0 saturated heterocycles. The van der Waals surface area contributed by atoms with Gasteiger partial charge in [-0.15, -0.1) is 0 Å². The largest absolute Gasteiger partial charge is 0.726 e. The van der Waals surface area contributed by atoms with E-state index in [0.717, 1.165) is 46.2 Å². The van der Waals surface area contributed by atoms with Gasteiger partial charge in [0.15, 0.2) is 0 Å². The summed E-state index contributed by atoms with van der Waals surface area (Å²) in [4.78, 5) is 0. The van der Waals surface area contributed by atoms with Crippen LogP contribution in [0.2, 0.25) is 0 Å². The predicted molar refractivity (Wildman–Crippen MR) is 104 cm³/mol. The fraction of sp³-hybridized carbons (Fsp3) is 1.00. The number of ether oxygens (including phenoxy) is 2. The highest BCUT2D eigenvalue weighted by atomic mass is 32.3. The minimum absolute atomic E-state index is 0.0199. The summed E-state index contributed by atoms with van der Waals surface area (Å²) in [6.07, 6.45) is 8.04. The first-order valence-corrected chi connectivity index (χ1v) is 11.2. The van der Waals surface area contributed by atoms with Gasteiger partial charge in [0.05, 0.1) is 27.4 Å². The molecule has 0 aliphatic rings. The molecule has 0 radical (unpaired) electrons. The Morgan fingerprint density at radius 2 is 1.41 bits per heavy atom. The molecule has 0 heterocycles. The third-order valence-electron chi connectivity index (χ3n) is 4.31. The van der Waals surface area contributed by atoms with Gasteiger partial charge in [-0.25, -0.2) is 13.6 Å². The van der Waals surface area contributed by atoms with E-state index in [4.69, 9.17) is 9.47 Å². The molecule has 2 atom stereocenters. The molecule has 0 aromatic heterocycles. The van der Waals surface area contributed by atoms with Gasteiger partial charge < -0.3 is 14.0 Å². The van der Waals surface area contributed by atoms with Crippen LogP contribution < -0.4 is 0 Å². The second-order valence-electron chi connectivity index (χ2n) is 6.79. The van der Waals surface area contributed by atoms with Crippen molar-refractivity contribution < 1.29 is 36.5 Å². The summed E-state index contributed by atoms with van der Waals surface area (Å²) >= 11 is 0. The molecule has 0 saturated carbocycles. The summed E-state index contributed by atoms with van der Waals surface area (Å²) in [6.45, 7) is 10.1. The van der Waals surface area contributed by atoms with Gasteiger partial charge in [0.1, 0.15) is 12.6 Å². The third kappa shape index (κ3) is 21.9. The van der Waals surface area contributed by atoms with E-state index in [9.17, 15) is 18.2 Å². The van der Waals surface area contributed by atoms with E-state index >= 15 is 0 Å². The quantitative estimate of drug-likeness (QED) is 0.136. The third-order valence-corrected chi connectivity index (χ3v) is 4.71. The summed E-state index contributed by atoms with van der Waals surface area (Å²) in [7, 11) is -1.75. The van der Waals surface area contributed by atoms with Gasteiger partial charge in [-0.2, -0.15) is 4.65 Å². The number of hydrogen-bond acceptors (Lipinski definition) is 7. The van der Waals surface area contributed by atoms with Crippen molar-refractivity contribution in [2.45, 2.75) is 71.8 Å². The molecule has 0 aromatic carbocycles. The molecule has 0 amide bonds. The van der Waals surface area contributed by atoms with Crippen LogP contribution in [0.5, 0.6) is 0 Å². The zero-order valence-corrected chi connectivity index (χ0v) is 18.6. The van der Waals surface area contributed by atoms with Crippen molar-refractivity contribution in [1.82, 2.24) is 0 Å². The maximum absolute atomic E-state index is 10.4. The fourth-order valence-corrected chi connectivity index (χ4v) is 2.11. The molecule has 9 heteroatoms. The number of likely N-dealkylation sites (N-methyl/N-ethyl adjacent to an activating group) is 1. The van der Waals surface area contributed by atoms with Crippen molar-refractivity contribution in [3.05, 3.63) is 0 Å². The molecule has 8 nitrogen and oxygen atoms in total. The second kappa shape index (κ2) is 17.8. The normalized spacial score (nSPS) is 14.9. The van der Waals surface area contributed by atoms with Crippen molar-refractivity contribution in [1.29, 1.82) is 0 Å². The van der Waals surface area contributed by atoms with Gasteiger partial charge in [-0.1, -0.05) is 39.5 Å². The number of nitrogens with zero attached hydrogens (tertiary/aromatic N) is 1. The zero-order valence-electron chi connectivity index (χ0n) is 17.8. The minimum Gasteiger partial charge on any atom is -0.726 e. The standard InChI is InChI=1S/C17H38NO3.CH4O4S/c1-5-7-9-13-20-15-11-17(3)18(4,19)12-16-21-14-10-8-6-2;1-5-6(2,3)4/h17,19H,5-16H2,1-4H3;1H3,(H,2,3,4)/q+1;/p-1. The molecule has 166 valence electrons. The molecule has 0 aliphatic carbocycles. The number of hydroxylamine groups is 3. The van der Waals surface area contributed by atoms with Crippen molar-refractivity contribution in [3.8, 4) is 0 Å². The summed E-state index contributed by atoms with van der Waals surface area (Å²) in [6, 6.07) is 0.176. The Morgan fingerprint density at radius 3 is 1.81 bits per heavy atom. The highest BCUT2D eigenvalue weighted by molar-refractivity contribution is 7.80. The topological polar surface area (TPSA) is 105 Å². The van der Waals surface area contributed by atoms with Gasteiger partial charge in [0.25, 0.3) is 0 Å². The van der Waals surface area contributed by atoms with Crippen LogP contribution in [0.4, 0.5) is 0 Å². The summed E-state index contributed by atoms with van der Waals surface area (Å²) in [5.74, 6) is 0. The first-order valence-electron chi connectivity index (χ1n) is 9.85. The van der Waals surface area contributed by atoms with E-state index in [2.05, 4.69) is 25.0 Å². The summed E-state index contributed by atoms with van der Waals surface area (Å²) in [5.41, 5.74) is 0. The van der Waals surface area contributed by atoms with Crippen LogP contribution in [-0.4, -0.2) is 76.0 Å². The maximum Gasteiger partial charge on any atom is 0.217 e. The molecular formula is C18H41NO7S. The molecule has 0 bridgehead atoms. The minimum atomic E-state index is -4.41. The van der Waals surface area contributed by atoms with Crippen LogP contribution in [0.1, 0.15) is 65.7 Å². The number of hydrogen-bond donors (Lipinski definition) is 1. The fourth-order valence-electron chi connectivity index (χ4n) is 2.11. The zero-order chi connectivity index (χ0) is 21.2. The van der Waals surface area contributed by atoms with Crippen LogP contribution in [-0.2, 0) is 24.1 Å². The van der Waals surface area contributed by atoms with Crippen LogP contribution in [0, 0.1) is 0 Å². The highest BCUT2D eigenvalue weighted by Crippen LogP contribution is 2.10. The van der Waals surface area contributed by atoms with Gasteiger partial charge in [-0.3, -0.25) is 4.18 Å². The Balaban J connectivity index is 0. The Morgan fingerprint density at radius 1 is 0.963 bits per heavy atom. The molecule has 0 aliphatic heterocycles. The van der Waals surface area contributed by atoms with Crippen LogP contribution >= 0.6 is 0 Å². The lowest BCUT2D eigenvalue weighted by Crippen LogP contribution is -2.50. The van der Waals surface area contributed by atoms with Gasteiger partial charge in [-0.05, 0) is 19.8 Å². The van der Waals surface area contributed by atoms with Gasteiger partial charge in [0.2, 0.25) is 10.4 Å². The first-order chi connectivity index (χ1) is 12.6. The maximum atomic E-state index is 10.4. The molecule has 1 N–H and O–H groups in total. The smallest absolute Gasteiger partial charge is 0.217 e. The van der Waals surface area contributed by atoms with Crippen LogP contribution in [0.15, 0.2) is 0 Å². The molecule has 0 rings (SSSR count). The average Bonchev–Trinajstić information content (AvgIpc) is 2.60. The van der Waals surface area contributed by atoms with Gasteiger partial charge in [0, 0.05) is 19.6 Å². The first kappa shape index (κ1) is 28.9. The van der Waals surface area contributed by atoms with Gasteiger partial charge >= 0.3 is 0 Å². The molecule has 0 fully saturated rings. The van der Waals surface area contributed by atoms with E-state index in [1.807, 2.05) is 7.05 Å². The molecule has 0 spiro atoms. The average molecular weight is 416 g/mol. The van der Waals surface area contributed by atoms with Crippen molar-refractivity contribution in [2.24, 2.45) is 0 Å². The van der Waals surface area contributed by atoms with Crippen molar-refractivity contribution >= 4 is 10.4 Å². The second-order valence-corrected chi connectivity index (χ2v) is 7.94. The SMILES string of the molecule is CCCCCOCCC(C)[N+](C)(O)CCOCCCCC.COS(=O)(=O)[O-].